The molecule has 0 bridgehead atoms. The molecule has 0 radical (unpaired) electrons. The molecular formula is C11H12N4O4S. The average Bonchev–Trinajstić information content (AvgIpc) is 2.88. The van der Waals surface area contributed by atoms with Crippen molar-refractivity contribution < 1.29 is 17.6 Å². The van der Waals surface area contributed by atoms with E-state index in [0.717, 1.165) is 6.26 Å². The molecule has 2 aromatic heterocycles. The number of aromatic nitrogens is 3. The molecular weight excluding hydrogens is 284 g/mol. The van der Waals surface area contributed by atoms with E-state index in [9.17, 15) is 13.2 Å². The van der Waals surface area contributed by atoms with Gasteiger partial charge >= 0.3 is 5.22 Å². The molecule has 2 rings (SSSR count). The van der Waals surface area contributed by atoms with Crippen LogP contribution in [0, 0.1) is 0 Å². The van der Waals surface area contributed by atoms with Crippen LogP contribution in [0.5, 0.6) is 0 Å². The summed E-state index contributed by atoms with van der Waals surface area (Å²) in [4.78, 5) is 15.5. The molecule has 0 unspecified atom stereocenters. The number of hydrogen-bond donors (Lipinski definition) is 1. The van der Waals surface area contributed by atoms with Crippen molar-refractivity contribution in [3.63, 3.8) is 0 Å². The summed E-state index contributed by atoms with van der Waals surface area (Å²) in [6.45, 7) is 0.256. The van der Waals surface area contributed by atoms with E-state index in [0.29, 0.717) is 5.56 Å². The zero-order valence-corrected chi connectivity index (χ0v) is 11.4. The van der Waals surface area contributed by atoms with Crippen molar-refractivity contribution in [2.24, 2.45) is 0 Å². The predicted octanol–water partition coefficient (Wildman–Crippen LogP) is -0.159. The van der Waals surface area contributed by atoms with Crippen molar-refractivity contribution in [3.05, 3.63) is 36.0 Å². The van der Waals surface area contributed by atoms with Crippen LogP contribution >= 0.6 is 0 Å². The Labute approximate surface area is 115 Å². The standard InChI is InChI=1S/C11H12N4O4S/c1-20(17,18)11-15-14-9(19-11)4-7-13-10(16)8-2-5-12-6-3-8/h2-3,5-6H,4,7H2,1H3,(H,13,16). The Morgan fingerprint density at radius 2 is 2.00 bits per heavy atom. The molecule has 20 heavy (non-hydrogen) atoms. The van der Waals surface area contributed by atoms with E-state index in [2.05, 4.69) is 20.5 Å². The third-order valence-corrected chi connectivity index (χ3v) is 3.13. The molecule has 8 nitrogen and oxygen atoms in total. The van der Waals surface area contributed by atoms with E-state index >= 15 is 0 Å². The Bertz CT molecular complexity index is 696. The first-order chi connectivity index (χ1) is 9.47. The first-order valence-corrected chi connectivity index (χ1v) is 7.56. The van der Waals surface area contributed by atoms with Crippen LogP contribution in [0.3, 0.4) is 0 Å². The molecule has 0 aliphatic rings. The minimum atomic E-state index is -3.50. The molecule has 1 N–H and O–H groups in total. The number of carbonyl (C=O) groups excluding carboxylic acids is 1. The van der Waals surface area contributed by atoms with Gasteiger partial charge in [-0.25, -0.2) is 8.42 Å². The van der Waals surface area contributed by atoms with Crippen molar-refractivity contribution >= 4 is 15.7 Å². The summed E-state index contributed by atoms with van der Waals surface area (Å²) in [5.74, 6) is -0.101. The third kappa shape index (κ3) is 3.60. The summed E-state index contributed by atoms with van der Waals surface area (Å²) in [5.41, 5.74) is 0.488. The molecule has 1 amide bonds. The maximum absolute atomic E-state index is 11.7. The summed E-state index contributed by atoms with van der Waals surface area (Å²) < 4.78 is 27.2. The van der Waals surface area contributed by atoms with E-state index in [1.54, 1.807) is 12.1 Å². The Kier molecular flexibility index (Phi) is 4.08. The highest BCUT2D eigenvalue weighted by Crippen LogP contribution is 2.06. The molecule has 0 aromatic carbocycles. The van der Waals surface area contributed by atoms with Gasteiger partial charge in [0.15, 0.2) is 0 Å². The highest BCUT2D eigenvalue weighted by Gasteiger charge is 2.16. The number of carbonyl (C=O) groups is 1. The van der Waals surface area contributed by atoms with Gasteiger partial charge in [0.1, 0.15) is 0 Å². The molecule has 106 valence electrons. The summed E-state index contributed by atoms with van der Waals surface area (Å²) in [6.07, 6.45) is 4.27. The number of hydrogen-bond acceptors (Lipinski definition) is 7. The molecule has 0 atom stereocenters. The lowest BCUT2D eigenvalue weighted by atomic mass is 10.2. The van der Waals surface area contributed by atoms with Gasteiger partial charge in [-0.1, -0.05) is 5.10 Å². The van der Waals surface area contributed by atoms with Gasteiger partial charge in [0.25, 0.3) is 5.91 Å². The number of amides is 1. The van der Waals surface area contributed by atoms with Crippen molar-refractivity contribution in [2.75, 3.05) is 12.8 Å². The van der Waals surface area contributed by atoms with Gasteiger partial charge < -0.3 is 9.73 Å². The number of rotatable bonds is 5. The van der Waals surface area contributed by atoms with Crippen molar-refractivity contribution in [1.29, 1.82) is 0 Å². The van der Waals surface area contributed by atoms with Crippen LogP contribution in [-0.4, -0.2) is 42.3 Å². The van der Waals surface area contributed by atoms with Gasteiger partial charge in [0, 0.05) is 37.2 Å². The smallest absolute Gasteiger partial charge is 0.335 e. The fourth-order valence-electron chi connectivity index (χ4n) is 1.38. The van der Waals surface area contributed by atoms with Gasteiger partial charge in [-0.2, -0.15) is 0 Å². The number of nitrogens with zero attached hydrogens (tertiary/aromatic N) is 3. The summed E-state index contributed by atoms with van der Waals surface area (Å²) in [6, 6.07) is 3.17. The van der Waals surface area contributed by atoms with Crippen LogP contribution in [-0.2, 0) is 16.3 Å². The van der Waals surface area contributed by atoms with Crippen molar-refractivity contribution in [1.82, 2.24) is 20.5 Å². The second kappa shape index (κ2) is 5.78. The normalized spacial score (nSPS) is 11.2. The molecule has 2 aromatic rings. The van der Waals surface area contributed by atoms with Gasteiger partial charge in [-0.3, -0.25) is 9.78 Å². The average molecular weight is 296 g/mol. The lowest BCUT2D eigenvalue weighted by Crippen LogP contribution is -2.25. The van der Waals surface area contributed by atoms with Crippen LogP contribution < -0.4 is 5.32 Å². The monoisotopic (exact) mass is 296 g/mol. The number of nitrogens with one attached hydrogen (secondary N) is 1. The topological polar surface area (TPSA) is 115 Å². The fraction of sp³-hybridized carbons (Fsp3) is 0.273. The van der Waals surface area contributed by atoms with E-state index < -0.39 is 15.1 Å². The van der Waals surface area contributed by atoms with Crippen molar-refractivity contribution in [3.8, 4) is 0 Å². The van der Waals surface area contributed by atoms with Crippen LogP contribution in [0.25, 0.3) is 0 Å². The minimum Gasteiger partial charge on any atom is -0.412 e. The first-order valence-electron chi connectivity index (χ1n) is 5.67. The minimum absolute atomic E-state index is 0.153. The molecule has 0 saturated carbocycles. The molecule has 0 saturated heterocycles. The maximum Gasteiger partial charge on any atom is 0.335 e. The van der Waals surface area contributed by atoms with E-state index in [4.69, 9.17) is 4.42 Å². The van der Waals surface area contributed by atoms with Gasteiger partial charge in [0.05, 0.1) is 0 Å². The van der Waals surface area contributed by atoms with Gasteiger partial charge in [-0.05, 0) is 12.1 Å². The lowest BCUT2D eigenvalue weighted by Gasteiger charge is -2.02. The summed E-state index contributed by atoms with van der Waals surface area (Å²) in [7, 11) is -3.50. The van der Waals surface area contributed by atoms with Gasteiger partial charge in [-0.15, -0.1) is 5.10 Å². The zero-order valence-electron chi connectivity index (χ0n) is 10.6. The van der Waals surface area contributed by atoms with Gasteiger partial charge in [0.2, 0.25) is 15.7 Å². The fourth-order valence-corrected chi connectivity index (χ4v) is 1.81. The van der Waals surface area contributed by atoms with Crippen LogP contribution in [0.1, 0.15) is 16.2 Å². The number of pyridine rings is 1. The van der Waals surface area contributed by atoms with E-state index in [-0.39, 0.29) is 24.8 Å². The lowest BCUT2D eigenvalue weighted by molar-refractivity contribution is 0.0953. The zero-order chi connectivity index (χ0) is 14.6. The Morgan fingerprint density at radius 1 is 1.30 bits per heavy atom. The van der Waals surface area contributed by atoms with E-state index in [1.165, 1.54) is 12.4 Å². The van der Waals surface area contributed by atoms with Crippen LogP contribution in [0.2, 0.25) is 0 Å². The summed E-state index contributed by atoms with van der Waals surface area (Å²) >= 11 is 0. The molecule has 9 heteroatoms. The second-order valence-electron chi connectivity index (χ2n) is 3.98. The predicted molar refractivity (Wildman–Crippen MR) is 67.7 cm³/mol. The largest absolute Gasteiger partial charge is 0.412 e. The third-order valence-electron chi connectivity index (χ3n) is 2.33. The Morgan fingerprint density at radius 3 is 2.60 bits per heavy atom. The molecule has 0 aliphatic carbocycles. The Hall–Kier alpha value is -2.29. The maximum atomic E-state index is 11.7. The summed E-state index contributed by atoms with van der Waals surface area (Å²) in [5, 5.41) is 9.24. The Balaban J connectivity index is 1.88. The van der Waals surface area contributed by atoms with E-state index in [1.807, 2.05) is 0 Å². The SMILES string of the molecule is CS(=O)(=O)c1nnc(CCNC(=O)c2ccncc2)o1. The highest BCUT2D eigenvalue weighted by atomic mass is 32.2. The molecule has 0 spiro atoms. The molecule has 0 fully saturated rings. The molecule has 2 heterocycles. The van der Waals surface area contributed by atoms with Crippen molar-refractivity contribution in [2.45, 2.75) is 11.6 Å². The van der Waals surface area contributed by atoms with Crippen LogP contribution in [0.15, 0.2) is 34.2 Å². The first kappa shape index (κ1) is 14.1. The number of sulfone groups is 1. The molecule has 0 aliphatic heterocycles. The second-order valence-corrected chi connectivity index (χ2v) is 5.87. The quantitative estimate of drug-likeness (QED) is 0.815. The van der Waals surface area contributed by atoms with Crippen LogP contribution in [0.4, 0.5) is 0 Å². The highest BCUT2D eigenvalue weighted by molar-refractivity contribution is 7.90.